The summed E-state index contributed by atoms with van der Waals surface area (Å²) < 4.78 is 0. The summed E-state index contributed by atoms with van der Waals surface area (Å²) in [5.74, 6) is -1.65. The highest BCUT2D eigenvalue weighted by atomic mass is 16.5. The number of aliphatic hydroxyl groups is 2. The number of hydrogen-bond acceptors (Lipinski definition) is 3. The second-order valence-electron chi connectivity index (χ2n) is 6.87. The Labute approximate surface area is 144 Å². The summed E-state index contributed by atoms with van der Waals surface area (Å²) in [5.41, 5.74) is 5.27. The van der Waals surface area contributed by atoms with Crippen LogP contribution in [0.25, 0.3) is 0 Å². The fourth-order valence-corrected chi connectivity index (χ4v) is 2.76. The van der Waals surface area contributed by atoms with E-state index in [0.29, 0.717) is 6.42 Å². The van der Waals surface area contributed by atoms with E-state index in [1.165, 1.54) is 77.0 Å². The summed E-state index contributed by atoms with van der Waals surface area (Å²) in [4.78, 5) is 0. The standard InChI is InChI=1S/C20H41NO2/c1-2-3-4-5-6-7-8-9-10-11-12-13-14-15-16-17-18-20(22,23)19-21/h9-10,22-23H,2-8,11-19,21H2,1H3/b10-9-. The highest BCUT2D eigenvalue weighted by molar-refractivity contribution is 4.81. The number of unbranched alkanes of at least 4 members (excludes halogenated alkanes) is 12. The van der Waals surface area contributed by atoms with Crippen LogP contribution in [0.3, 0.4) is 0 Å². The first-order chi connectivity index (χ1) is 11.1. The molecule has 0 amide bonds. The first-order valence-corrected chi connectivity index (χ1v) is 9.92. The van der Waals surface area contributed by atoms with Gasteiger partial charge < -0.3 is 15.9 Å². The molecule has 0 atom stereocenters. The van der Waals surface area contributed by atoms with Gasteiger partial charge in [-0.05, 0) is 32.1 Å². The molecule has 0 aromatic rings. The molecule has 3 nitrogen and oxygen atoms in total. The maximum atomic E-state index is 9.36. The average molecular weight is 328 g/mol. The molecular formula is C20H41NO2. The summed E-state index contributed by atoms with van der Waals surface area (Å²) in [7, 11) is 0. The summed E-state index contributed by atoms with van der Waals surface area (Å²) in [6.45, 7) is 2.19. The van der Waals surface area contributed by atoms with Gasteiger partial charge >= 0.3 is 0 Å². The quantitative estimate of drug-likeness (QED) is 0.199. The van der Waals surface area contributed by atoms with Gasteiger partial charge in [0.05, 0.1) is 0 Å². The summed E-state index contributed by atoms with van der Waals surface area (Å²) in [5, 5.41) is 18.7. The van der Waals surface area contributed by atoms with Crippen LogP contribution in [0.4, 0.5) is 0 Å². The van der Waals surface area contributed by atoms with E-state index in [-0.39, 0.29) is 6.54 Å². The predicted octanol–water partition coefficient (Wildman–Crippen LogP) is 5.05. The maximum absolute atomic E-state index is 9.36. The Hall–Kier alpha value is -0.380. The smallest absolute Gasteiger partial charge is 0.175 e. The van der Waals surface area contributed by atoms with Crippen LogP contribution in [-0.4, -0.2) is 22.5 Å². The van der Waals surface area contributed by atoms with E-state index in [9.17, 15) is 10.2 Å². The van der Waals surface area contributed by atoms with Crippen LogP contribution >= 0.6 is 0 Å². The van der Waals surface area contributed by atoms with Gasteiger partial charge in [-0.1, -0.05) is 76.9 Å². The van der Waals surface area contributed by atoms with Crippen molar-refractivity contribution in [1.29, 1.82) is 0 Å². The Balaban J connectivity index is 3.16. The monoisotopic (exact) mass is 327 g/mol. The third-order valence-electron chi connectivity index (χ3n) is 4.42. The van der Waals surface area contributed by atoms with Gasteiger partial charge in [0.2, 0.25) is 0 Å². The van der Waals surface area contributed by atoms with Gasteiger partial charge in [-0.3, -0.25) is 0 Å². The van der Waals surface area contributed by atoms with Crippen LogP contribution in [0.5, 0.6) is 0 Å². The Morgan fingerprint density at radius 1 is 0.696 bits per heavy atom. The Morgan fingerprint density at radius 2 is 1.13 bits per heavy atom. The summed E-state index contributed by atoms with van der Waals surface area (Å²) >= 11 is 0. The molecule has 3 heteroatoms. The molecular weight excluding hydrogens is 286 g/mol. The Morgan fingerprint density at radius 3 is 1.61 bits per heavy atom. The number of allylic oxidation sites excluding steroid dienone is 2. The zero-order valence-electron chi connectivity index (χ0n) is 15.4. The van der Waals surface area contributed by atoms with E-state index in [1.807, 2.05) is 0 Å². The van der Waals surface area contributed by atoms with Gasteiger partial charge in [-0.25, -0.2) is 0 Å². The van der Waals surface area contributed by atoms with Gasteiger partial charge in [0.15, 0.2) is 5.79 Å². The van der Waals surface area contributed by atoms with E-state index >= 15 is 0 Å². The summed E-state index contributed by atoms with van der Waals surface area (Å²) in [6, 6.07) is 0. The van der Waals surface area contributed by atoms with Crippen molar-refractivity contribution in [2.75, 3.05) is 6.54 Å². The fourth-order valence-electron chi connectivity index (χ4n) is 2.76. The molecule has 4 N–H and O–H groups in total. The van der Waals surface area contributed by atoms with Gasteiger partial charge in [-0.2, -0.15) is 0 Å². The number of rotatable bonds is 17. The minimum absolute atomic E-state index is 0.0714. The topological polar surface area (TPSA) is 66.5 Å². The van der Waals surface area contributed by atoms with Crippen LogP contribution in [-0.2, 0) is 0 Å². The largest absolute Gasteiger partial charge is 0.365 e. The molecule has 0 fully saturated rings. The lowest BCUT2D eigenvalue weighted by atomic mass is 10.0. The van der Waals surface area contributed by atoms with Gasteiger partial charge in [-0.15, -0.1) is 0 Å². The predicted molar refractivity (Wildman–Crippen MR) is 100 cm³/mol. The molecule has 0 aliphatic rings. The molecule has 0 unspecified atom stereocenters. The molecule has 0 aromatic carbocycles. The Kier molecular flexibility index (Phi) is 16.2. The van der Waals surface area contributed by atoms with Crippen molar-refractivity contribution < 1.29 is 10.2 Å². The van der Waals surface area contributed by atoms with Gasteiger partial charge in [0, 0.05) is 13.0 Å². The lowest BCUT2D eigenvalue weighted by molar-refractivity contribution is -0.157. The van der Waals surface area contributed by atoms with Crippen molar-refractivity contribution in [3.63, 3.8) is 0 Å². The van der Waals surface area contributed by atoms with Crippen LogP contribution in [0, 0.1) is 0 Å². The molecule has 0 radical (unpaired) electrons. The molecule has 23 heavy (non-hydrogen) atoms. The molecule has 0 bridgehead atoms. The SMILES string of the molecule is CCCCCCCC/C=C\CCCCCCCCC(O)(O)CN. The fraction of sp³-hybridized carbons (Fsp3) is 0.900. The highest BCUT2D eigenvalue weighted by Gasteiger charge is 2.18. The second-order valence-corrected chi connectivity index (χ2v) is 6.87. The summed E-state index contributed by atoms with van der Waals surface area (Å²) in [6.07, 6.45) is 22.7. The number of hydrogen-bond donors (Lipinski definition) is 3. The van der Waals surface area contributed by atoms with Crippen LogP contribution in [0.2, 0.25) is 0 Å². The lowest BCUT2D eigenvalue weighted by Gasteiger charge is -2.18. The minimum atomic E-state index is -1.65. The zero-order chi connectivity index (χ0) is 17.2. The first kappa shape index (κ1) is 22.6. The van der Waals surface area contributed by atoms with Gasteiger partial charge in [0.25, 0.3) is 0 Å². The van der Waals surface area contributed by atoms with Crippen molar-refractivity contribution >= 4 is 0 Å². The molecule has 138 valence electrons. The zero-order valence-corrected chi connectivity index (χ0v) is 15.4. The Bertz CT molecular complexity index is 264. The maximum Gasteiger partial charge on any atom is 0.175 e. The molecule has 0 aliphatic carbocycles. The normalized spacial score (nSPS) is 12.3. The van der Waals surface area contributed by atoms with Crippen molar-refractivity contribution in [3.8, 4) is 0 Å². The first-order valence-electron chi connectivity index (χ1n) is 9.92. The van der Waals surface area contributed by atoms with Crippen LogP contribution in [0.15, 0.2) is 12.2 Å². The van der Waals surface area contributed by atoms with Crippen LogP contribution in [0.1, 0.15) is 103 Å². The average Bonchev–Trinajstić information content (AvgIpc) is 2.54. The van der Waals surface area contributed by atoms with E-state index in [1.54, 1.807) is 0 Å². The lowest BCUT2D eigenvalue weighted by Crippen LogP contribution is -2.37. The van der Waals surface area contributed by atoms with E-state index < -0.39 is 5.79 Å². The third-order valence-corrected chi connectivity index (χ3v) is 4.42. The van der Waals surface area contributed by atoms with Crippen molar-refractivity contribution in [2.24, 2.45) is 5.73 Å². The van der Waals surface area contributed by atoms with E-state index in [4.69, 9.17) is 5.73 Å². The highest BCUT2D eigenvalue weighted by Crippen LogP contribution is 2.13. The molecule has 0 rings (SSSR count). The van der Waals surface area contributed by atoms with E-state index in [0.717, 1.165) is 12.8 Å². The van der Waals surface area contributed by atoms with Crippen molar-refractivity contribution in [1.82, 2.24) is 0 Å². The number of nitrogens with two attached hydrogens (primary N) is 1. The van der Waals surface area contributed by atoms with Gasteiger partial charge in [0.1, 0.15) is 0 Å². The minimum Gasteiger partial charge on any atom is -0.365 e. The van der Waals surface area contributed by atoms with E-state index in [2.05, 4.69) is 19.1 Å². The van der Waals surface area contributed by atoms with Crippen molar-refractivity contribution in [3.05, 3.63) is 12.2 Å². The molecule has 0 spiro atoms. The second kappa shape index (κ2) is 16.5. The molecule has 0 heterocycles. The van der Waals surface area contributed by atoms with Crippen molar-refractivity contribution in [2.45, 2.75) is 109 Å². The molecule has 0 saturated carbocycles. The third kappa shape index (κ3) is 17.8. The molecule has 0 saturated heterocycles. The van der Waals surface area contributed by atoms with Crippen LogP contribution < -0.4 is 5.73 Å². The molecule has 0 aromatic heterocycles. The molecule has 0 aliphatic heterocycles.